The van der Waals surface area contributed by atoms with Gasteiger partial charge >= 0.3 is 5.97 Å². The number of carbonyl (C=O) groups excluding carboxylic acids is 3. The molecule has 0 heterocycles. The Morgan fingerprint density at radius 3 is 1.94 bits per heavy atom. The second-order valence-corrected chi connectivity index (χ2v) is 9.88. The van der Waals surface area contributed by atoms with Gasteiger partial charge in [-0.25, -0.2) is 0 Å². The molecule has 6 nitrogen and oxygen atoms in total. The van der Waals surface area contributed by atoms with E-state index < -0.39 is 5.97 Å². The molecule has 0 spiro atoms. The molecule has 0 aliphatic carbocycles. The minimum atomic E-state index is -0.402. The number of ether oxygens (including phenoxy) is 1. The molecule has 32 heavy (non-hydrogen) atoms. The van der Waals surface area contributed by atoms with Crippen molar-refractivity contribution in [3.63, 3.8) is 0 Å². The highest BCUT2D eigenvalue weighted by molar-refractivity contribution is 8.13. The molecule has 0 atom stereocenters. The van der Waals surface area contributed by atoms with Gasteiger partial charge < -0.3 is 19.3 Å². The largest absolute Gasteiger partial charge is 0.461 e. The molecule has 0 aliphatic heterocycles. The Balaban J connectivity index is 4.59. The zero-order valence-electron chi connectivity index (χ0n) is 21.1. The van der Waals surface area contributed by atoms with Gasteiger partial charge in [0.2, 0.25) is 0 Å². The molecule has 0 fully saturated rings. The van der Waals surface area contributed by atoms with E-state index in [9.17, 15) is 14.4 Å². The van der Waals surface area contributed by atoms with Gasteiger partial charge in [0.25, 0.3) is 5.24 Å². The lowest BCUT2D eigenvalue weighted by Crippen LogP contribution is -2.37. The van der Waals surface area contributed by atoms with E-state index in [1.54, 1.807) is 0 Å². The quantitative estimate of drug-likeness (QED) is 0.117. The van der Waals surface area contributed by atoms with Gasteiger partial charge in [0.1, 0.15) is 18.9 Å². The average Bonchev–Trinajstić information content (AvgIpc) is 2.75. The summed E-state index contributed by atoms with van der Waals surface area (Å²) in [6.45, 7) is 5.07. The number of aldehydes is 1. The third-order valence-corrected chi connectivity index (χ3v) is 6.40. The summed E-state index contributed by atoms with van der Waals surface area (Å²) in [5.74, 6) is 0.265. The highest BCUT2D eigenvalue weighted by atomic mass is 32.2. The standard InChI is InChI=1S/C25H48N2O4S/c1-5-7-9-11-13-16-23(17-14-12-10-8-6-2)31-24(29)22-27(19-20-28)25(30)32-21-15-18-26(3)4/h20,23H,5-19,21-22H2,1-4H3. The monoisotopic (exact) mass is 472 g/mol. The van der Waals surface area contributed by atoms with E-state index in [0.717, 1.165) is 63.3 Å². The van der Waals surface area contributed by atoms with Gasteiger partial charge in [-0.3, -0.25) is 9.59 Å². The lowest BCUT2D eigenvalue weighted by atomic mass is 10.0. The van der Waals surface area contributed by atoms with Gasteiger partial charge in [-0.2, -0.15) is 0 Å². The molecule has 0 aliphatic rings. The number of carbonyl (C=O) groups is 3. The Bertz CT molecular complexity index is 475. The molecule has 0 saturated carbocycles. The van der Waals surface area contributed by atoms with Crippen molar-refractivity contribution in [2.45, 2.75) is 103 Å². The Labute approximate surface area is 201 Å². The number of hydrogen-bond donors (Lipinski definition) is 0. The van der Waals surface area contributed by atoms with E-state index in [4.69, 9.17) is 4.74 Å². The van der Waals surface area contributed by atoms with E-state index in [0.29, 0.717) is 12.0 Å². The van der Waals surface area contributed by atoms with Crippen LogP contribution in [0.5, 0.6) is 0 Å². The van der Waals surface area contributed by atoms with Crippen LogP contribution in [0.2, 0.25) is 0 Å². The fraction of sp³-hybridized carbons (Fsp3) is 0.880. The Hall–Kier alpha value is -1.08. The van der Waals surface area contributed by atoms with Gasteiger partial charge in [-0.1, -0.05) is 77.0 Å². The molecule has 0 aromatic carbocycles. The zero-order valence-corrected chi connectivity index (χ0v) is 21.9. The van der Waals surface area contributed by atoms with Crippen molar-refractivity contribution in [3.8, 4) is 0 Å². The maximum absolute atomic E-state index is 12.6. The van der Waals surface area contributed by atoms with Crippen LogP contribution >= 0.6 is 11.8 Å². The molecule has 0 bridgehead atoms. The fourth-order valence-electron chi connectivity index (χ4n) is 3.52. The second kappa shape index (κ2) is 21.7. The molecule has 0 aromatic heterocycles. The van der Waals surface area contributed by atoms with Crippen molar-refractivity contribution >= 4 is 29.3 Å². The number of esters is 1. The van der Waals surface area contributed by atoms with Gasteiger partial charge in [-0.05, 0) is 52.7 Å². The number of nitrogens with zero attached hydrogens (tertiary/aromatic N) is 2. The van der Waals surface area contributed by atoms with Crippen LogP contribution in [0.3, 0.4) is 0 Å². The number of thioether (sulfide) groups is 1. The molecular formula is C25H48N2O4S. The molecule has 7 heteroatoms. The van der Waals surface area contributed by atoms with E-state index in [-0.39, 0.29) is 24.4 Å². The van der Waals surface area contributed by atoms with Crippen molar-refractivity contribution in [1.82, 2.24) is 9.80 Å². The first-order chi connectivity index (χ1) is 15.4. The summed E-state index contributed by atoms with van der Waals surface area (Å²) < 4.78 is 5.78. The Morgan fingerprint density at radius 1 is 0.875 bits per heavy atom. The minimum Gasteiger partial charge on any atom is -0.461 e. The molecule has 0 N–H and O–H groups in total. The first kappa shape index (κ1) is 30.9. The smallest absolute Gasteiger partial charge is 0.325 e. The number of rotatable bonds is 21. The second-order valence-electron chi connectivity index (χ2n) is 8.84. The molecule has 0 radical (unpaired) electrons. The van der Waals surface area contributed by atoms with Crippen LogP contribution in [0, 0.1) is 0 Å². The first-order valence-corrected chi connectivity index (χ1v) is 13.6. The van der Waals surface area contributed by atoms with Crippen LogP contribution in [-0.2, 0) is 14.3 Å². The predicted octanol–water partition coefficient (Wildman–Crippen LogP) is 5.93. The van der Waals surface area contributed by atoms with Crippen LogP contribution in [-0.4, -0.2) is 72.9 Å². The zero-order chi connectivity index (χ0) is 24.0. The number of amides is 1. The lowest BCUT2D eigenvalue weighted by molar-refractivity contribution is -0.150. The topological polar surface area (TPSA) is 66.9 Å². The third-order valence-electron chi connectivity index (χ3n) is 5.41. The van der Waals surface area contributed by atoms with Crippen LogP contribution in [0.25, 0.3) is 0 Å². The fourth-order valence-corrected chi connectivity index (χ4v) is 4.29. The maximum atomic E-state index is 12.6. The lowest BCUT2D eigenvalue weighted by Gasteiger charge is -2.22. The first-order valence-electron chi connectivity index (χ1n) is 12.6. The number of unbranched alkanes of at least 4 members (excludes halogenated alkanes) is 8. The van der Waals surface area contributed by atoms with E-state index in [1.807, 2.05) is 14.1 Å². The summed E-state index contributed by atoms with van der Waals surface area (Å²) in [4.78, 5) is 39.4. The van der Waals surface area contributed by atoms with Gasteiger partial charge in [0, 0.05) is 5.75 Å². The molecule has 0 aromatic rings. The molecular weight excluding hydrogens is 424 g/mol. The normalized spacial score (nSPS) is 11.2. The highest BCUT2D eigenvalue weighted by Gasteiger charge is 2.21. The number of hydrogen-bond acceptors (Lipinski definition) is 6. The summed E-state index contributed by atoms with van der Waals surface area (Å²) in [6.07, 6.45) is 15.0. The average molecular weight is 473 g/mol. The molecule has 0 rings (SSSR count). The summed E-state index contributed by atoms with van der Waals surface area (Å²) in [6, 6.07) is 0. The van der Waals surface area contributed by atoms with Gasteiger partial charge in [0.15, 0.2) is 0 Å². The van der Waals surface area contributed by atoms with E-state index >= 15 is 0 Å². The van der Waals surface area contributed by atoms with Gasteiger partial charge in [0.05, 0.1) is 6.54 Å². The van der Waals surface area contributed by atoms with Crippen molar-refractivity contribution < 1.29 is 19.1 Å². The summed E-state index contributed by atoms with van der Waals surface area (Å²) >= 11 is 1.16. The van der Waals surface area contributed by atoms with Gasteiger partial charge in [-0.15, -0.1) is 0 Å². The van der Waals surface area contributed by atoms with Crippen molar-refractivity contribution in [1.29, 1.82) is 0 Å². The summed E-state index contributed by atoms with van der Waals surface area (Å²) in [5.41, 5.74) is 0. The van der Waals surface area contributed by atoms with Crippen molar-refractivity contribution in [3.05, 3.63) is 0 Å². The minimum absolute atomic E-state index is 0.0761. The predicted molar refractivity (Wildman–Crippen MR) is 135 cm³/mol. The van der Waals surface area contributed by atoms with E-state index in [2.05, 4.69) is 18.7 Å². The van der Waals surface area contributed by atoms with Crippen LogP contribution in [0.4, 0.5) is 4.79 Å². The maximum Gasteiger partial charge on any atom is 0.325 e. The SMILES string of the molecule is CCCCCCCC(CCCCCCC)OC(=O)CN(CC=O)C(=O)SCCCN(C)C. The molecule has 0 saturated heterocycles. The van der Waals surface area contributed by atoms with Crippen molar-refractivity contribution in [2.24, 2.45) is 0 Å². The molecule has 188 valence electrons. The molecule has 0 unspecified atom stereocenters. The van der Waals surface area contributed by atoms with Crippen LogP contribution in [0.15, 0.2) is 0 Å². The highest BCUT2D eigenvalue weighted by Crippen LogP contribution is 2.17. The Kier molecular flexibility index (Phi) is 21.0. The third kappa shape index (κ3) is 18.5. The van der Waals surface area contributed by atoms with Crippen molar-refractivity contribution in [2.75, 3.05) is 39.5 Å². The summed E-state index contributed by atoms with van der Waals surface area (Å²) in [5, 5.41) is -0.233. The molecule has 1 amide bonds. The van der Waals surface area contributed by atoms with Crippen LogP contribution in [0.1, 0.15) is 97.3 Å². The summed E-state index contributed by atoms with van der Waals surface area (Å²) in [7, 11) is 3.98. The van der Waals surface area contributed by atoms with Crippen LogP contribution < -0.4 is 0 Å². The van der Waals surface area contributed by atoms with E-state index in [1.165, 1.54) is 43.4 Å². The Morgan fingerprint density at radius 2 is 1.44 bits per heavy atom.